The SMILES string of the molecule is Cc1cc(C)cc(-n2ccnc2SCC(=O)N2CCCC2c2cccs2)c1. The predicted octanol–water partition coefficient (Wildman–Crippen LogP) is 5.01. The van der Waals surface area contributed by atoms with Gasteiger partial charge in [0.2, 0.25) is 5.91 Å². The summed E-state index contributed by atoms with van der Waals surface area (Å²) in [5.41, 5.74) is 3.54. The number of hydrogen-bond donors (Lipinski definition) is 0. The Morgan fingerprint density at radius 1 is 1.30 bits per heavy atom. The summed E-state index contributed by atoms with van der Waals surface area (Å²) in [6, 6.07) is 10.9. The second kappa shape index (κ2) is 7.90. The average Bonchev–Trinajstić information content (AvgIpc) is 3.39. The lowest BCUT2D eigenvalue weighted by Crippen LogP contribution is -2.31. The molecule has 3 aromatic rings. The number of aromatic nitrogens is 2. The van der Waals surface area contributed by atoms with E-state index >= 15 is 0 Å². The van der Waals surface area contributed by atoms with E-state index in [1.165, 1.54) is 27.8 Å². The molecule has 4 nitrogen and oxygen atoms in total. The Morgan fingerprint density at radius 3 is 2.85 bits per heavy atom. The topological polar surface area (TPSA) is 38.1 Å². The lowest BCUT2D eigenvalue weighted by molar-refractivity contribution is -0.129. The third kappa shape index (κ3) is 3.96. The first-order chi connectivity index (χ1) is 13.1. The highest BCUT2D eigenvalue weighted by atomic mass is 32.2. The van der Waals surface area contributed by atoms with Crippen molar-refractivity contribution in [1.82, 2.24) is 14.5 Å². The summed E-state index contributed by atoms with van der Waals surface area (Å²) in [6.07, 6.45) is 5.91. The Kier molecular flexibility index (Phi) is 5.36. The molecule has 1 aliphatic heterocycles. The van der Waals surface area contributed by atoms with Gasteiger partial charge in [0.15, 0.2) is 5.16 Å². The summed E-state index contributed by atoms with van der Waals surface area (Å²) in [4.78, 5) is 20.7. The number of amides is 1. The van der Waals surface area contributed by atoms with E-state index in [1.807, 2.05) is 11.1 Å². The zero-order valence-electron chi connectivity index (χ0n) is 15.6. The minimum Gasteiger partial charge on any atom is -0.334 e. The molecule has 27 heavy (non-hydrogen) atoms. The van der Waals surface area contributed by atoms with Gasteiger partial charge < -0.3 is 4.90 Å². The van der Waals surface area contributed by atoms with Crippen molar-refractivity contribution < 1.29 is 4.79 Å². The number of likely N-dealkylation sites (tertiary alicyclic amines) is 1. The number of rotatable bonds is 5. The van der Waals surface area contributed by atoms with E-state index in [-0.39, 0.29) is 11.9 Å². The number of carbonyl (C=O) groups is 1. The Bertz CT molecular complexity index is 913. The smallest absolute Gasteiger partial charge is 0.233 e. The van der Waals surface area contributed by atoms with Crippen molar-refractivity contribution in [3.8, 4) is 5.69 Å². The van der Waals surface area contributed by atoms with Crippen LogP contribution in [0.4, 0.5) is 0 Å². The molecule has 1 fully saturated rings. The standard InChI is InChI=1S/C21H23N3OS2/c1-15-11-16(2)13-17(12-15)23-9-7-22-21(23)27-14-20(25)24-8-3-5-18(24)19-6-4-10-26-19/h4,6-7,9-13,18H,3,5,8,14H2,1-2H3. The molecule has 140 valence electrons. The van der Waals surface area contributed by atoms with Crippen LogP contribution in [-0.2, 0) is 4.79 Å². The van der Waals surface area contributed by atoms with Crippen molar-refractivity contribution in [2.75, 3.05) is 12.3 Å². The number of nitrogens with zero attached hydrogens (tertiary/aromatic N) is 3. The van der Waals surface area contributed by atoms with Gasteiger partial charge in [0, 0.05) is 29.5 Å². The summed E-state index contributed by atoms with van der Waals surface area (Å²) in [6.45, 7) is 5.05. The van der Waals surface area contributed by atoms with Crippen LogP contribution in [0.5, 0.6) is 0 Å². The van der Waals surface area contributed by atoms with Crippen molar-refractivity contribution in [2.45, 2.75) is 37.9 Å². The molecule has 0 N–H and O–H groups in total. The summed E-state index contributed by atoms with van der Waals surface area (Å²) >= 11 is 3.26. The first-order valence-corrected chi connectivity index (χ1v) is 11.1. The number of hydrogen-bond acceptors (Lipinski definition) is 4. The Labute approximate surface area is 168 Å². The van der Waals surface area contributed by atoms with Crippen molar-refractivity contribution in [1.29, 1.82) is 0 Å². The summed E-state index contributed by atoms with van der Waals surface area (Å²) < 4.78 is 2.07. The molecule has 1 atom stereocenters. The van der Waals surface area contributed by atoms with E-state index in [0.717, 1.165) is 30.2 Å². The first kappa shape index (κ1) is 18.3. The van der Waals surface area contributed by atoms with Crippen LogP contribution in [0.25, 0.3) is 5.69 Å². The maximum Gasteiger partial charge on any atom is 0.233 e. The van der Waals surface area contributed by atoms with Crippen LogP contribution in [0, 0.1) is 13.8 Å². The van der Waals surface area contributed by atoms with Gasteiger partial charge in [-0.3, -0.25) is 9.36 Å². The number of carbonyl (C=O) groups excluding carboxylic acids is 1. The highest BCUT2D eigenvalue weighted by Crippen LogP contribution is 2.35. The lowest BCUT2D eigenvalue weighted by Gasteiger charge is -2.23. The van der Waals surface area contributed by atoms with E-state index < -0.39 is 0 Å². The number of benzene rings is 1. The van der Waals surface area contributed by atoms with E-state index in [2.05, 4.69) is 59.1 Å². The van der Waals surface area contributed by atoms with Gasteiger partial charge in [0.05, 0.1) is 11.8 Å². The molecule has 0 aliphatic carbocycles. The van der Waals surface area contributed by atoms with Gasteiger partial charge in [-0.05, 0) is 61.4 Å². The van der Waals surface area contributed by atoms with E-state index in [1.54, 1.807) is 17.5 Å². The first-order valence-electron chi connectivity index (χ1n) is 9.19. The van der Waals surface area contributed by atoms with E-state index in [9.17, 15) is 4.79 Å². The number of thioether (sulfide) groups is 1. The van der Waals surface area contributed by atoms with Crippen molar-refractivity contribution in [2.24, 2.45) is 0 Å². The molecule has 0 bridgehead atoms. The fraction of sp³-hybridized carbons (Fsp3) is 0.333. The summed E-state index contributed by atoms with van der Waals surface area (Å²) in [5, 5.41) is 2.95. The molecule has 1 aromatic carbocycles. The molecular weight excluding hydrogens is 374 g/mol. The molecule has 1 saturated heterocycles. The van der Waals surface area contributed by atoms with Crippen molar-refractivity contribution in [3.05, 3.63) is 64.1 Å². The van der Waals surface area contributed by atoms with Gasteiger partial charge in [0.1, 0.15) is 0 Å². The Morgan fingerprint density at radius 2 is 2.11 bits per heavy atom. The maximum absolute atomic E-state index is 12.9. The molecule has 1 aliphatic rings. The second-order valence-electron chi connectivity index (χ2n) is 6.97. The van der Waals surface area contributed by atoms with Crippen LogP contribution in [0.15, 0.2) is 53.3 Å². The minimum atomic E-state index is 0.200. The molecule has 4 rings (SSSR count). The number of imidazole rings is 1. The zero-order valence-corrected chi connectivity index (χ0v) is 17.2. The van der Waals surface area contributed by atoms with Crippen molar-refractivity contribution in [3.63, 3.8) is 0 Å². The van der Waals surface area contributed by atoms with Crippen LogP contribution in [0.2, 0.25) is 0 Å². The molecule has 0 radical (unpaired) electrons. The van der Waals surface area contributed by atoms with E-state index in [4.69, 9.17) is 0 Å². The van der Waals surface area contributed by atoms with Gasteiger partial charge in [-0.2, -0.15) is 0 Å². The van der Waals surface area contributed by atoms with Crippen LogP contribution >= 0.6 is 23.1 Å². The molecular formula is C21H23N3OS2. The molecule has 6 heteroatoms. The van der Waals surface area contributed by atoms with Gasteiger partial charge >= 0.3 is 0 Å². The molecule has 1 unspecified atom stereocenters. The average molecular weight is 398 g/mol. The van der Waals surface area contributed by atoms with Gasteiger partial charge in [0.25, 0.3) is 0 Å². The van der Waals surface area contributed by atoms with Gasteiger partial charge in [-0.15, -0.1) is 11.3 Å². The largest absolute Gasteiger partial charge is 0.334 e. The molecule has 2 aromatic heterocycles. The third-order valence-electron chi connectivity index (χ3n) is 4.86. The fourth-order valence-corrected chi connectivity index (χ4v) is 5.47. The normalized spacial score (nSPS) is 16.8. The fourth-order valence-electron chi connectivity index (χ4n) is 3.73. The maximum atomic E-state index is 12.9. The Hall–Kier alpha value is -2.05. The van der Waals surface area contributed by atoms with Crippen molar-refractivity contribution >= 4 is 29.0 Å². The summed E-state index contributed by atoms with van der Waals surface area (Å²) in [7, 11) is 0. The molecule has 0 saturated carbocycles. The molecule has 1 amide bonds. The minimum absolute atomic E-state index is 0.200. The number of aryl methyl sites for hydroxylation is 2. The van der Waals surface area contributed by atoms with Gasteiger partial charge in [-0.1, -0.05) is 23.9 Å². The van der Waals surface area contributed by atoms with Crippen LogP contribution in [-0.4, -0.2) is 32.7 Å². The molecule has 3 heterocycles. The summed E-state index contributed by atoms with van der Waals surface area (Å²) in [5.74, 6) is 0.620. The lowest BCUT2D eigenvalue weighted by atomic mass is 10.1. The number of thiophene rings is 1. The van der Waals surface area contributed by atoms with Crippen LogP contribution in [0.3, 0.4) is 0 Å². The van der Waals surface area contributed by atoms with Crippen LogP contribution < -0.4 is 0 Å². The second-order valence-corrected chi connectivity index (χ2v) is 8.90. The highest BCUT2D eigenvalue weighted by Gasteiger charge is 2.30. The van der Waals surface area contributed by atoms with Crippen LogP contribution in [0.1, 0.15) is 34.9 Å². The predicted molar refractivity (Wildman–Crippen MR) is 112 cm³/mol. The van der Waals surface area contributed by atoms with E-state index in [0.29, 0.717) is 5.75 Å². The van der Waals surface area contributed by atoms with Gasteiger partial charge in [-0.25, -0.2) is 4.98 Å². The quantitative estimate of drug-likeness (QED) is 0.568. The monoisotopic (exact) mass is 397 g/mol. The molecule has 0 spiro atoms. The Balaban J connectivity index is 1.46. The third-order valence-corrected chi connectivity index (χ3v) is 6.79. The zero-order chi connectivity index (χ0) is 18.8. The highest BCUT2D eigenvalue weighted by molar-refractivity contribution is 7.99.